The van der Waals surface area contributed by atoms with E-state index in [9.17, 15) is 19.5 Å². The molecule has 1 N–H and O–H groups in total. The normalized spacial score (nSPS) is 26.1. The van der Waals surface area contributed by atoms with Gasteiger partial charge in [-0.25, -0.2) is 4.79 Å². The molecule has 2 aliphatic rings. The van der Waals surface area contributed by atoms with Gasteiger partial charge in [0, 0.05) is 11.6 Å². The molecule has 1 aromatic rings. The molecule has 6 nitrogen and oxygen atoms in total. The number of ketones is 1. The SMILES string of the molecule is CC(=O)c1cccc(OC(C)C(=O)N2C(C(=O)O)CC3CCCCC32)c1. The summed E-state index contributed by atoms with van der Waals surface area (Å²) in [6, 6.07) is 5.91. The predicted octanol–water partition coefficient (Wildman–Crippen LogP) is 2.90. The number of hydrogen-bond acceptors (Lipinski definition) is 4. The number of nitrogens with zero attached hydrogens (tertiary/aromatic N) is 1. The molecule has 1 saturated heterocycles. The van der Waals surface area contributed by atoms with Gasteiger partial charge in [0.15, 0.2) is 11.9 Å². The number of carbonyl (C=O) groups is 3. The molecule has 1 aliphatic heterocycles. The summed E-state index contributed by atoms with van der Waals surface area (Å²) in [7, 11) is 0. The zero-order valence-electron chi connectivity index (χ0n) is 15.2. The highest BCUT2D eigenvalue weighted by Crippen LogP contribution is 2.40. The fourth-order valence-corrected chi connectivity index (χ4v) is 4.25. The molecule has 0 radical (unpaired) electrons. The standard InChI is InChI=1S/C20H25NO5/c1-12(22)14-7-5-8-16(10-14)26-13(2)19(23)21-17-9-4-3-6-15(17)11-18(21)20(24)25/h5,7-8,10,13,15,17-18H,3-4,6,9,11H2,1-2H3,(H,24,25). The van der Waals surface area contributed by atoms with Crippen LogP contribution in [0.3, 0.4) is 0 Å². The zero-order valence-corrected chi connectivity index (χ0v) is 15.2. The summed E-state index contributed by atoms with van der Waals surface area (Å²) < 4.78 is 5.75. The number of carbonyl (C=O) groups excluding carboxylic acids is 2. The number of hydrogen-bond donors (Lipinski definition) is 1. The first-order valence-electron chi connectivity index (χ1n) is 9.21. The first-order chi connectivity index (χ1) is 12.4. The van der Waals surface area contributed by atoms with Gasteiger partial charge in [0.05, 0.1) is 0 Å². The summed E-state index contributed by atoms with van der Waals surface area (Å²) >= 11 is 0. The van der Waals surface area contributed by atoms with Gasteiger partial charge in [-0.1, -0.05) is 25.0 Å². The molecule has 0 aromatic heterocycles. The van der Waals surface area contributed by atoms with Crippen LogP contribution in [0.4, 0.5) is 0 Å². The maximum absolute atomic E-state index is 13.0. The number of likely N-dealkylation sites (tertiary alicyclic amines) is 1. The van der Waals surface area contributed by atoms with Gasteiger partial charge in [0.2, 0.25) is 0 Å². The van der Waals surface area contributed by atoms with Crippen molar-refractivity contribution in [3.63, 3.8) is 0 Å². The van der Waals surface area contributed by atoms with Gasteiger partial charge >= 0.3 is 5.97 Å². The molecule has 4 atom stereocenters. The fraction of sp³-hybridized carbons (Fsp3) is 0.550. The summed E-state index contributed by atoms with van der Waals surface area (Å²) in [6.45, 7) is 3.11. The van der Waals surface area contributed by atoms with Crippen LogP contribution in [0.2, 0.25) is 0 Å². The molecule has 4 unspecified atom stereocenters. The molecule has 1 aromatic carbocycles. The van der Waals surface area contributed by atoms with E-state index in [0.717, 1.165) is 25.7 Å². The molecule has 1 amide bonds. The highest BCUT2D eigenvalue weighted by Gasteiger charge is 2.48. The van der Waals surface area contributed by atoms with Gasteiger partial charge in [-0.15, -0.1) is 0 Å². The van der Waals surface area contributed by atoms with Crippen LogP contribution < -0.4 is 4.74 Å². The number of carboxylic acids is 1. The number of amides is 1. The molecule has 3 rings (SSSR count). The second kappa shape index (κ2) is 7.48. The van der Waals surface area contributed by atoms with Crippen molar-refractivity contribution >= 4 is 17.7 Å². The van der Waals surface area contributed by atoms with Crippen molar-refractivity contribution < 1.29 is 24.2 Å². The fourth-order valence-electron chi connectivity index (χ4n) is 4.25. The Morgan fingerprint density at radius 3 is 2.65 bits per heavy atom. The Labute approximate surface area is 153 Å². The molecular formula is C20H25NO5. The van der Waals surface area contributed by atoms with Crippen molar-refractivity contribution in [3.8, 4) is 5.75 Å². The predicted molar refractivity (Wildman–Crippen MR) is 95.2 cm³/mol. The Kier molecular flexibility index (Phi) is 5.30. The molecule has 6 heteroatoms. The lowest BCUT2D eigenvalue weighted by atomic mass is 9.84. The van der Waals surface area contributed by atoms with Gasteiger partial charge < -0.3 is 14.7 Å². The Balaban J connectivity index is 1.76. The van der Waals surface area contributed by atoms with Crippen LogP contribution in [0.1, 0.15) is 56.3 Å². The molecule has 1 heterocycles. The molecular weight excluding hydrogens is 334 g/mol. The smallest absolute Gasteiger partial charge is 0.326 e. The number of aliphatic carboxylic acids is 1. The summed E-state index contributed by atoms with van der Waals surface area (Å²) in [5, 5.41) is 9.58. The van der Waals surface area contributed by atoms with Crippen LogP contribution in [-0.2, 0) is 9.59 Å². The van der Waals surface area contributed by atoms with Crippen LogP contribution in [0.25, 0.3) is 0 Å². The van der Waals surface area contributed by atoms with Gasteiger partial charge in [-0.3, -0.25) is 9.59 Å². The van der Waals surface area contributed by atoms with Crippen molar-refractivity contribution in [1.29, 1.82) is 0 Å². The quantitative estimate of drug-likeness (QED) is 0.817. The summed E-state index contributed by atoms with van der Waals surface area (Å²) in [5.74, 6) is -0.615. The maximum atomic E-state index is 13.0. The molecule has 2 fully saturated rings. The van der Waals surface area contributed by atoms with E-state index in [-0.39, 0.29) is 23.7 Å². The lowest BCUT2D eigenvalue weighted by molar-refractivity contribution is -0.153. The van der Waals surface area contributed by atoms with E-state index in [1.54, 1.807) is 36.1 Å². The Hall–Kier alpha value is -2.37. The highest BCUT2D eigenvalue weighted by atomic mass is 16.5. The van der Waals surface area contributed by atoms with Crippen molar-refractivity contribution in [1.82, 2.24) is 4.90 Å². The lowest BCUT2D eigenvalue weighted by Crippen LogP contribution is -2.50. The number of fused-ring (bicyclic) bond motifs is 1. The van der Waals surface area contributed by atoms with Gasteiger partial charge in [-0.2, -0.15) is 0 Å². The Morgan fingerprint density at radius 1 is 1.23 bits per heavy atom. The first kappa shape index (κ1) is 18.4. The van der Waals surface area contributed by atoms with Crippen molar-refractivity contribution in [2.24, 2.45) is 5.92 Å². The van der Waals surface area contributed by atoms with Crippen molar-refractivity contribution in [3.05, 3.63) is 29.8 Å². The van der Waals surface area contributed by atoms with E-state index in [0.29, 0.717) is 17.7 Å². The number of Topliss-reactive ketones (excluding diaryl/α,β-unsaturated/α-hetero) is 1. The minimum absolute atomic E-state index is 0.00745. The summed E-state index contributed by atoms with van der Waals surface area (Å²) in [4.78, 5) is 37.8. The monoisotopic (exact) mass is 359 g/mol. The largest absolute Gasteiger partial charge is 0.481 e. The average Bonchev–Trinajstić information content (AvgIpc) is 3.01. The van der Waals surface area contributed by atoms with E-state index in [1.807, 2.05) is 0 Å². The third-order valence-corrected chi connectivity index (χ3v) is 5.53. The van der Waals surface area contributed by atoms with E-state index >= 15 is 0 Å². The third-order valence-electron chi connectivity index (χ3n) is 5.53. The minimum atomic E-state index is -0.946. The summed E-state index contributed by atoms with van der Waals surface area (Å²) in [6.07, 6.45) is 3.67. The van der Waals surface area contributed by atoms with E-state index in [2.05, 4.69) is 0 Å². The van der Waals surface area contributed by atoms with E-state index < -0.39 is 18.1 Å². The zero-order chi connectivity index (χ0) is 18.8. The first-order valence-corrected chi connectivity index (χ1v) is 9.21. The van der Waals surface area contributed by atoms with E-state index in [1.165, 1.54) is 6.92 Å². The molecule has 1 aliphatic carbocycles. The second-order valence-electron chi connectivity index (χ2n) is 7.29. The van der Waals surface area contributed by atoms with Crippen LogP contribution in [-0.4, -0.2) is 45.9 Å². The third kappa shape index (κ3) is 3.59. The minimum Gasteiger partial charge on any atom is -0.481 e. The number of ether oxygens (including phenoxy) is 1. The van der Waals surface area contributed by atoms with Gasteiger partial charge in [0.25, 0.3) is 5.91 Å². The molecule has 0 spiro atoms. The summed E-state index contributed by atoms with van der Waals surface area (Å²) in [5.41, 5.74) is 0.513. The number of carboxylic acid groups (broad SMARTS) is 1. The van der Waals surface area contributed by atoms with E-state index in [4.69, 9.17) is 4.74 Å². The van der Waals surface area contributed by atoms with Crippen LogP contribution in [0.15, 0.2) is 24.3 Å². The molecule has 26 heavy (non-hydrogen) atoms. The maximum Gasteiger partial charge on any atom is 0.326 e. The Bertz CT molecular complexity index is 716. The van der Waals surface area contributed by atoms with Crippen molar-refractivity contribution in [2.45, 2.75) is 64.1 Å². The van der Waals surface area contributed by atoms with Crippen LogP contribution in [0, 0.1) is 5.92 Å². The lowest BCUT2D eigenvalue weighted by Gasteiger charge is -2.34. The molecule has 1 saturated carbocycles. The number of rotatable bonds is 5. The average molecular weight is 359 g/mol. The highest BCUT2D eigenvalue weighted by molar-refractivity contribution is 5.94. The van der Waals surface area contributed by atoms with Crippen molar-refractivity contribution in [2.75, 3.05) is 0 Å². The van der Waals surface area contributed by atoms with Gasteiger partial charge in [0.1, 0.15) is 11.8 Å². The molecule has 0 bridgehead atoms. The van der Waals surface area contributed by atoms with Crippen LogP contribution >= 0.6 is 0 Å². The molecule has 140 valence electrons. The number of benzene rings is 1. The second-order valence-corrected chi connectivity index (χ2v) is 7.29. The Morgan fingerprint density at radius 2 is 1.96 bits per heavy atom. The van der Waals surface area contributed by atoms with Crippen LogP contribution in [0.5, 0.6) is 5.75 Å². The topological polar surface area (TPSA) is 83.9 Å². The van der Waals surface area contributed by atoms with Gasteiger partial charge in [-0.05, 0) is 51.2 Å².